The van der Waals surface area contributed by atoms with Gasteiger partial charge in [-0.05, 0) is 69.0 Å². The summed E-state index contributed by atoms with van der Waals surface area (Å²) in [4.78, 5) is 14.2. The number of pyridine rings is 2. The highest BCUT2D eigenvalue weighted by atomic mass is 35.5. The van der Waals surface area contributed by atoms with Gasteiger partial charge in [0, 0.05) is 46.9 Å². The highest BCUT2D eigenvalue weighted by molar-refractivity contribution is 6.30. The molecule has 0 saturated carbocycles. The third-order valence-electron chi connectivity index (χ3n) is 6.91. The van der Waals surface area contributed by atoms with Gasteiger partial charge in [-0.15, -0.1) is 0 Å². The second-order valence-electron chi connectivity index (χ2n) is 9.32. The smallest absolute Gasteiger partial charge is 0.137 e. The normalized spacial score (nSPS) is 16.1. The number of rotatable bonds is 4. The average Bonchev–Trinajstić information content (AvgIpc) is 3.50. The van der Waals surface area contributed by atoms with Gasteiger partial charge in [0.05, 0.1) is 23.1 Å². The molecule has 1 aliphatic rings. The first-order valence-electron chi connectivity index (χ1n) is 11.7. The van der Waals surface area contributed by atoms with E-state index in [0.29, 0.717) is 22.3 Å². The van der Waals surface area contributed by atoms with E-state index in [4.69, 9.17) is 21.6 Å². The van der Waals surface area contributed by atoms with E-state index < -0.39 is 0 Å². The highest BCUT2D eigenvalue weighted by Crippen LogP contribution is 2.37. The molecule has 0 aliphatic carbocycles. The topological polar surface area (TPSA) is 36.7 Å². The maximum Gasteiger partial charge on any atom is 0.137 e. The number of halogens is 2. The van der Waals surface area contributed by atoms with E-state index in [1.165, 1.54) is 6.07 Å². The van der Waals surface area contributed by atoms with Gasteiger partial charge in [-0.25, -0.2) is 9.37 Å². The van der Waals surface area contributed by atoms with Crippen molar-refractivity contribution in [1.82, 2.24) is 19.3 Å². The van der Waals surface area contributed by atoms with Crippen LogP contribution in [-0.2, 0) is 0 Å². The maximum absolute atomic E-state index is 14.9. The first-order chi connectivity index (χ1) is 17.0. The summed E-state index contributed by atoms with van der Waals surface area (Å²) < 4.78 is 16.9. The quantitative estimate of drug-likeness (QED) is 0.306. The molecule has 0 bridgehead atoms. The Morgan fingerprint density at radius 3 is 2.77 bits per heavy atom. The van der Waals surface area contributed by atoms with Gasteiger partial charge >= 0.3 is 0 Å². The zero-order valence-corrected chi connectivity index (χ0v) is 20.4. The molecule has 0 amide bonds. The van der Waals surface area contributed by atoms with E-state index in [1.807, 2.05) is 47.1 Å². The molecule has 1 atom stereocenters. The van der Waals surface area contributed by atoms with E-state index >= 15 is 0 Å². The van der Waals surface area contributed by atoms with E-state index in [9.17, 15) is 4.39 Å². The number of hydrogen-bond donors (Lipinski definition) is 0. The van der Waals surface area contributed by atoms with Crippen molar-refractivity contribution in [3.63, 3.8) is 0 Å². The number of hydrogen-bond acceptors (Lipinski definition) is 4. The highest BCUT2D eigenvalue weighted by Gasteiger charge is 2.25. The Balaban J connectivity index is 1.49. The number of nitrogens with zero attached hydrogens (tertiary/aromatic N) is 5. The van der Waals surface area contributed by atoms with Crippen molar-refractivity contribution >= 4 is 33.8 Å². The summed E-state index contributed by atoms with van der Waals surface area (Å²) >= 11 is 6.23. The maximum atomic E-state index is 14.9. The molecule has 5 nitrogen and oxygen atoms in total. The fraction of sp³-hybridized carbons (Fsp3) is 0.214. The number of fused-ring (bicyclic) bond motifs is 2. The zero-order valence-electron chi connectivity index (χ0n) is 19.6. The van der Waals surface area contributed by atoms with Crippen LogP contribution in [0.2, 0.25) is 5.02 Å². The largest absolute Gasteiger partial charge is 0.369 e. The molecule has 0 N–H and O–H groups in total. The second-order valence-corrected chi connectivity index (χ2v) is 9.75. The summed E-state index contributed by atoms with van der Waals surface area (Å²) in [6.45, 7) is 2.01. The summed E-state index contributed by atoms with van der Waals surface area (Å²) in [5, 5.41) is 1.51. The fourth-order valence-electron chi connectivity index (χ4n) is 4.98. The summed E-state index contributed by atoms with van der Waals surface area (Å²) in [5.41, 5.74) is 5.50. The van der Waals surface area contributed by atoms with Crippen molar-refractivity contribution in [2.45, 2.75) is 12.5 Å². The predicted octanol–water partition coefficient (Wildman–Crippen LogP) is 6.15. The fourth-order valence-corrected chi connectivity index (χ4v) is 5.15. The van der Waals surface area contributed by atoms with Crippen LogP contribution < -0.4 is 4.90 Å². The van der Waals surface area contributed by atoms with Crippen LogP contribution in [0.5, 0.6) is 0 Å². The van der Waals surface area contributed by atoms with E-state index in [1.54, 1.807) is 12.1 Å². The Bertz CT molecular complexity index is 1560. The van der Waals surface area contributed by atoms with Crippen molar-refractivity contribution in [3.8, 4) is 22.5 Å². The lowest BCUT2D eigenvalue weighted by atomic mass is 10.0. The number of imidazole rings is 1. The van der Waals surface area contributed by atoms with E-state index in [0.717, 1.165) is 53.0 Å². The molecule has 0 radical (unpaired) electrons. The van der Waals surface area contributed by atoms with Gasteiger partial charge in [0.25, 0.3) is 0 Å². The van der Waals surface area contributed by atoms with Gasteiger partial charge < -0.3 is 9.80 Å². The molecule has 0 unspecified atom stereocenters. The molecule has 2 aromatic carbocycles. The number of likely N-dealkylation sites (N-methyl/N-ethyl adjacent to an activating group) is 1. The molecule has 1 fully saturated rings. The standard InChI is InChI=1S/C28H25ClFN5/c1-33(2)21-10-12-34(17-21)22-14-19-13-18(6-9-25(19)31-16-22)28-27(23-15-20(29)7-8-24(23)30)32-26-5-3-4-11-35(26)28/h3-9,11,13-16,21H,10,12,17H2,1-2H3/t21-/m0/s1. The molecule has 176 valence electrons. The lowest BCUT2D eigenvalue weighted by Gasteiger charge is -2.21. The summed E-state index contributed by atoms with van der Waals surface area (Å²) in [7, 11) is 4.27. The molecular weight excluding hydrogens is 461 g/mol. The molecule has 1 saturated heterocycles. The van der Waals surface area contributed by atoms with Crippen LogP contribution in [0.3, 0.4) is 0 Å². The molecule has 4 heterocycles. The van der Waals surface area contributed by atoms with Gasteiger partial charge in [0.2, 0.25) is 0 Å². The second kappa shape index (κ2) is 8.63. The SMILES string of the molecule is CN(C)[C@H]1CCN(c2cnc3ccc(-c4c(-c5cc(Cl)ccc5F)nc5ccccn45)cc3c2)C1. The minimum absolute atomic E-state index is 0.353. The number of anilines is 1. The average molecular weight is 486 g/mol. The van der Waals surface area contributed by atoms with Crippen LogP contribution in [0.1, 0.15) is 6.42 Å². The van der Waals surface area contributed by atoms with E-state index in [2.05, 4.69) is 36.0 Å². The van der Waals surface area contributed by atoms with Gasteiger partial charge in [0.1, 0.15) is 17.2 Å². The van der Waals surface area contributed by atoms with Crippen LogP contribution in [0.15, 0.2) is 73.1 Å². The third kappa shape index (κ3) is 3.93. The molecule has 5 aromatic rings. The molecule has 35 heavy (non-hydrogen) atoms. The monoisotopic (exact) mass is 485 g/mol. The lowest BCUT2D eigenvalue weighted by molar-refractivity contribution is 0.315. The lowest BCUT2D eigenvalue weighted by Crippen LogP contribution is -2.31. The summed E-state index contributed by atoms with van der Waals surface area (Å²) in [6.07, 6.45) is 5.05. The minimum atomic E-state index is -0.353. The molecular formula is C28H25ClFN5. The molecule has 3 aromatic heterocycles. The van der Waals surface area contributed by atoms with Crippen molar-refractivity contribution < 1.29 is 4.39 Å². The zero-order chi connectivity index (χ0) is 24.1. The van der Waals surface area contributed by atoms with Gasteiger partial charge in [-0.1, -0.05) is 23.7 Å². The van der Waals surface area contributed by atoms with Crippen LogP contribution in [0.25, 0.3) is 39.1 Å². The van der Waals surface area contributed by atoms with Crippen molar-refractivity contribution in [1.29, 1.82) is 0 Å². The molecule has 0 spiro atoms. The first-order valence-corrected chi connectivity index (χ1v) is 12.1. The summed E-state index contributed by atoms with van der Waals surface area (Å²) in [6, 6.07) is 19.3. The Labute approximate surface area is 208 Å². The van der Waals surface area contributed by atoms with Crippen LogP contribution >= 0.6 is 11.6 Å². The van der Waals surface area contributed by atoms with Crippen LogP contribution in [0, 0.1) is 5.82 Å². The Hall–Kier alpha value is -3.48. The molecule has 6 rings (SSSR count). The minimum Gasteiger partial charge on any atom is -0.369 e. The Morgan fingerprint density at radius 2 is 1.94 bits per heavy atom. The first kappa shape index (κ1) is 22.0. The van der Waals surface area contributed by atoms with Gasteiger partial charge in [-0.2, -0.15) is 0 Å². The predicted molar refractivity (Wildman–Crippen MR) is 141 cm³/mol. The van der Waals surface area contributed by atoms with E-state index in [-0.39, 0.29) is 5.82 Å². The molecule has 7 heteroatoms. The van der Waals surface area contributed by atoms with Crippen molar-refractivity contribution in [2.75, 3.05) is 32.1 Å². The number of aromatic nitrogens is 3. The number of benzene rings is 2. The van der Waals surface area contributed by atoms with Crippen LogP contribution in [0.4, 0.5) is 10.1 Å². The summed E-state index contributed by atoms with van der Waals surface area (Å²) in [5.74, 6) is -0.353. The Kier molecular flexibility index (Phi) is 5.43. The van der Waals surface area contributed by atoms with Gasteiger partial charge in [0.15, 0.2) is 0 Å². The van der Waals surface area contributed by atoms with Crippen molar-refractivity contribution in [2.24, 2.45) is 0 Å². The Morgan fingerprint density at radius 1 is 1.06 bits per heavy atom. The van der Waals surface area contributed by atoms with Crippen LogP contribution in [-0.4, -0.2) is 52.5 Å². The third-order valence-corrected chi connectivity index (χ3v) is 7.15. The van der Waals surface area contributed by atoms with Crippen molar-refractivity contribution in [3.05, 3.63) is 83.9 Å². The van der Waals surface area contributed by atoms with Gasteiger partial charge in [-0.3, -0.25) is 9.38 Å². The molecule has 1 aliphatic heterocycles.